The van der Waals surface area contributed by atoms with Gasteiger partial charge in [-0.3, -0.25) is 19.6 Å². The molecule has 1 saturated heterocycles. The topological polar surface area (TPSA) is 105 Å². The van der Waals surface area contributed by atoms with Crippen molar-refractivity contribution < 1.29 is 4.74 Å². The summed E-state index contributed by atoms with van der Waals surface area (Å²) in [5.74, 6) is 1.42. The van der Waals surface area contributed by atoms with E-state index < -0.39 is 6.04 Å². The SMILES string of the molecule is CCC(C)(C)n1nnnc1C(c1cc2cc(OC)ccc2[nH]c1=O)N1CCN(Cc2ccccn2)CC1. The number of nitrogens with one attached hydrogen (secondary N) is 1. The number of pyridine rings is 2. The van der Waals surface area contributed by atoms with Crippen LogP contribution in [0.15, 0.2) is 53.5 Å². The van der Waals surface area contributed by atoms with E-state index in [1.807, 2.05) is 47.3 Å². The zero-order valence-corrected chi connectivity index (χ0v) is 21.9. The number of hydrogen-bond acceptors (Lipinski definition) is 8. The van der Waals surface area contributed by atoms with E-state index in [2.05, 4.69) is 62.1 Å². The summed E-state index contributed by atoms with van der Waals surface area (Å²) in [6, 6.07) is 13.2. The first-order valence-corrected chi connectivity index (χ1v) is 12.8. The lowest BCUT2D eigenvalue weighted by molar-refractivity contribution is 0.0961. The summed E-state index contributed by atoms with van der Waals surface area (Å²) in [7, 11) is 1.64. The average molecular weight is 503 g/mol. The van der Waals surface area contributed by atoms with Gasteiger partial charge in [0, 0.05) is 55.4 Å². The third-order valence-electron chi connectivity index (χ3n) is 7.44. The molecular weight excluding hydrogens is 468 g/mol. The standard InChI is InChI=1S/C27H34N8O2/c1-5-27(2,3)35-25(30-31-32-35)24(22-17-19-16-21(37-4)9-10-23(19)29-26(22)36)34-14-12-33(13-15-34)18-20-8-6-7-11-28-20/h6-11,16-17,24H,5,12-15,18H2,1-4H3,(H,29,36). The zero-order chi connectivity index (χ0) is 26.0. The number of piperazine rings is 1. The van der Waals surface area contributed by atoms with Gasteiger partial charge in [-0.05, 0) is 67.1 Å². The Morgan fingerprint density at radius 1 is 1.11 bits per heavy atom. The number of fused-ring (bicyclic) bond motifs is 1. The highest BCUT2D eigenvalue weighted by Gasteiger charge is 2.35. The van der Waals surface area contributed by atoms with Gasteiger partial charge in [0.25, 0.3) is 5.56 Å². The number of aromatic nitrogens is 6. The van der Waals surface area contributed by atoms with E-state index in [9.17, 15) is 4.79 Å². The zero-order valence-electron chi connectivity index (χ0n) is 21.9. The van der Waals surface area contributed by atoms with Gasteiger partial charge in [0.1, 0.15) is 11.8 Å². The predicted molar refractivity (Wildman–Crippen MR) is 141 cm³/mol. The van der Waals surface area contributed by atoms with Crippen molar-refractivity contribution in [3.05, 3.63) is 76.1 Å². The van der Waals surface area contributed by atoms with Crippen LogP contribution >= 0.6 is 0 Å². The maximum Gasteiger partial charge on any atom is 0.253 e. The predicted octanol–water partition coefficient (Wildman–Crippen LogP) is 2.97. The summed E-state index contributed by atoms with van der Waals surface area (Å²) in [5, 5.41) is 13.8. The van der Waals surface area contributed by atoms with Crippen LogP contribution in [0.25, 0.3) is 10.9 Å². The summed E-state index contributed by atoms with van der Waals surface area (Å²) in [6.45, 7) is 10.4. The first-order chi connectivity index (χ1) is 17.9. The largest absolute Gasteiger partial charge is 0.497 e. The quantitative estimate of drug-likeness (QED) is 0.392. The minimum absolute atomic E-state index is 0.137. The van der Waals surface area contributed by atoms with Crippen molar-refractivity contribution in [2.45, 2.75) is 45.3 Å². The maximum absolute atomic E-state index is 13.5. The van der Waals surface area contributed by atoms with Crippen LogP contribution in [0, 0.1) is 0 Å². The van der Waals surface area contributed by atoms with Crippen molar-refractivity contribution in [2.75, 3.05) is 33.3 Å². The lowest BCUT2D eigenvalue weighted by atomic mass is 9.99. The van der Waals surface area contributed by atoms with E-state index in [4.69, 9.17) is 4.74 Å². The minimum atomic E-state index is -0.392. The van der Waals surface area contributed by atoms with Gasteiger partial charge in [-0.25, -0.2) is 4.68 Å². The summed E-state index contributed by atoms with van der Waals surface area (Å²) >= 11 is 0. The molecule has 0 amide bonds. The Kier molecular flexibility index (Phi) is 7.03. The molecule has 1 N–H and O–H groups in total. The summed E-state index contributed by atoms with van der Waals surface area (Å²) in [4.78, 5) is 25.8. The number of aromatic amines is 1. The molecule has 10 heteroatoms. The molecule has 4 aromatic rings. The average Bonchev–Trinajstić information content (AvgIpc) is 3.41. The molecule has 37 heavy (non-hydrogen) atoms. The third kappa shape index (κ3) is 5.12. The summed E-state index contributed by atoms with van der Waals surface area (Å²) in [5.41, 5.74) is 2.01. The van der Waals surface area contributed by atoms with Crippen LogP contribution in [0.1, 0.15) is 50.3 Å². The fraction of sp³-hybridized carbons (Fsp3) is 0.444. The van der Waals surface area contributed by atoms with Crippen LogP contribution < -0.4 is 10.3 Å². The molecule has 0 radical (unpaired) electrons. The molecule has 5 rings (SSSR count). The maximum atomic E-state index is 13.5. The lowest BCUT2D eigenvalue weighted by Crippen LogP contribution is -2.49. The Morgan fingerprint density at radius 2 is 1.92 bits per heavy atom. The van der Waals surface area contributed by atoms with Crippen LogP contribution in [-0.4, -0.2) is 73.3 Å². The fourth-order valence-electron chi connectivity index (χ4n) is 4.88. The van der Waals surface area contributed by atoms with E-state index in [0.29, 0.717) is 11.4 Å². The Labute approximate surface area is 216 Å². The van der Waals surface area contributed by atoms with Gasteiger partial charge in [0.15, 0.2) is 5.82 Å². The molecule has 0 saturated carbocycles. The monoisotopic (exact) mass is 502 g/mol. The normalized spacial score (nSPS) is 16.2. The molecule has 0 spiro atoms. The van der Waals surface area contributed by atoms with Gasteiger partial charge in [-0.2, -0.15) is 0 Å². The summed E-state index contributed by atoms with van der Waals surface area (Å²) in [6.07, 6.45) is 2.68. The van der Waals surface area contributed by atoms with Gasteiger partial charge < -0.3 is 9.72 Å². The van der Waals surface area contributed by atoms with E-state index in [0.717, 1.165) is 61.5 Å². The molecule has 194 valence electrons. The Balaban J connectivity index is 1.53. The van der Waals surface area contributed by atoms with E-state index >= 15 is 0 Å². The Hall–Kier alpha value is -3.63. The van der Waals surface area contributed by atoms with E-state index in [1.165, 1.54) is 0 Å². The van der Waals surface area contributed by atoms with Crippen molar-refractivity contribution in [3.8, 4) is 5.75 Å². The number of tetrazole rings is 1. The van der Waals surface area contributed by atoms with Crippen molar-refractivity contribution >= 4 is 10.9 Å². The van der Waals surface area contributed by atoms with Crippen LogP contribution in [-0.2, 0) is 12.1 Å². The number of nitrogens with zero attached hydrogens (tertiary/aromatic N) is 7. The number of methoxy groups -OCH3 is 1. The van der Waals surface area contributed by atoms with Crippen LogP contribution in [0.4, 0.5) is 0 Å². The first-order valence-electron chi connectivity index (χ1n) is 12.8. The molecule has 10 nitrogen and oxygen atoms in total. The van der Waals surface area contributed by atoms with Crippen LogP contribution in [0.3, 0.4) is 0 Å². The van der Waals surface area contributed by atoms with Gasteiger partial charge in [-0.1, -0.05) is 13.0 Å². The third-order valence-corrected chi connectivity index (χ3v) is 7.44. The molecule has 1 aliphatic rings. The molecule has 1 aromatic carbocycles. The van der Waals surface area contributed by atoms with Gasteiger partial charge >= 0.3 is 0 Å². The van der Waals surface area contributed by atoms with Gasteiger partial charge in [0.2, 0.25) is 0 Å². The minimum Gasteiger partial charge on any atom is -0.497 e. The Bertz CT molecular complexity index is 1410. The molecule has 1 fully saturated rings. The second-order valence-electron chi connectivity index (χ2n) is 10.2. The smallest absolute Gasteiger partial charge is 0.253 e. The molecule has 3 aromatic heterocycles. The highest BCUT2D eigenvalue weighted by molar-refractivity contribution is 5.80. The van der Waals surface area contributed by atoms with Crippen molar-refractivity contribution in [3.63, 3.8) is 0 Å². The van der Waals surface area contributed by atoms with E-state index in [1.54, 1.807) is 7.11 Å². The van der Waals surface area contributed by atoms with Gasteiger partial charge in [-0.15, -0.1) is 5.10 Å². The van der Waals surface area contributed by atoms with Crippen LogP contribution in [0.2, 0.25) is 0 Å². The number of ether oxygens (including phenoxy) is 1. The van der Waals surface area contributed by atoms with E-state index in [-0.39, 0.29) is 11.1 Å². The van der Waals surface area contributed by atoms with Crippen molar-refractivity contribution in [1.29, 1.82) is 0 Å². The highest BCUT2D eigenvalue weighted by Crippen LogP contribution is 2.31. The molecule has 0 aliphatic carbocycles. The number of benzene rings is 1. The molecule has 1 aliphatic heterocycles. The van der Waals surface area contributed by atoms with Crippen molar-refractivity contribution in [2.24, 2.45) is 0 Å². The highest BCUT2D eigenvalue weighted by atomic mass is 16.5. The lowest BCUT2D eigenvalue weighted by Gasteiger charge is -2.39. The fourth-order valence-corrected chi connectivity index (χ4v) is 4.88. The number of hydrogen-bond donors (Lipinski definition) is 1. The van der Waals surface area contributed by atoms with Gasteiger partial charge in [0.05, 0.1) is 18.3 Å². The second kappa shape index (κ2) is 10.4. The van der Waals surface area contributed by atoms with Crippen LogP contribution in [0.5, 0.6) is 5.75 Å². The number of rotatable bonds is 8. The molecule has 1 atom stereocenters. The molecule has 0 bridgehead atoms. The van der Waals surface area contributed by atoms with Crippen molar-refractivity contribution in [1.82, 2.24) is 40.0 Å². The second-order valence-corrected chi connectivity index (χ2v) is 10.2. The molecule has 1 unspecified atom stereocenters. The Morgan fingerprint density at radius 3 is 2.62 bits per heavy atom. The first kappa shape index (κ1) is 25.0. The summed E-state index contributed by atoms with van der Waals surface area (Å²) < 4.78 is 7.31. The number of H-pyrrole nitrogens is 1. The molecular formula is C27H34N8O2. The molecule has 4 heterocycles.